The molecule has 0 spiro atoms. The Bertz CT molecular complexity index is 851. The first-order chi connectivity index (χ1) is 13.0. The number of amides is 2. The third kappa shape index (κ3) is 4.67. The summed E-state index contributed by atoms with van der Waals surface area (Å²) in [6.45, 7) is 5.98. The number of halogens is 1. The normalized spacial score (nSPS) is 13.9. The Kier molecular flexibility index (Phi) is 6.14. The summed E-state index contributed by atoms with van der Waals surface area (Å²) in [4.78, 5) is 25.2. The van der Waals surface area contributed by atoms with Crippen molar-refractivity contribution in [3.05, 3.63) is 69.7 Å². The molecule has 0 bridgehead atoms. The number of benzene rings is 2. The van der Waals surface area contributed by atoms with Crippen molar-refractivity contribution in [1.29, 1.82) is 0 Å². The maximum absolute atomic E-state index is 12.7. The van der Waals surface area contributed by atoms with E-state index in [0.29, 0.717) is 17.1 Å². The molecule has 1 atom stereocenters. The molecule has 3 N–H and O–H groups in total. The molecule has 1 aliphatic rings. The quantitative estimate of drug-likeness (QED) is 0.715. The highest BCUT2D eigenvalue weighted by Crippen LogP contribution is 2.18. The minimum absolute atomic E-state index is 0.0549. The first kappa shape index (κ1) is 19.4. The second kappa shape index (κ2) is 8.55. The van der Waals surface area contributed by atoms with E-state index in [2.05, 4.69) is 28.1 Å². The zero-order chi connectivity index (χ0) is 19.4. The molecule has 2 aromatic rings. The monoisotopic (exact) mass is 385 g/mol. The van der Waals surface area contributed by atoms with Crippen molar-refractivity contribution in [1.82, 2.24) is 16.0 Å². The van der Waals surface area contributed by atoms with Crippen LogP contribution in [0.4, 0.5) is 0 Å². The van der Waals surface area contributed by atoms with Crippen LogP contribution in [0.1, 0.15) is 40.9 Å². The lowest BCUT2D eigenvalue weighted by molar-refractivity contribution is -0.124. The first-order valence-electron chi connectivity index (χ1n) is 9.10. The minimum atomic E-state index is -0.634. The third-order valence-corrected chi connectivity index (χ3v) is 5.05. The van der Waals surface area contributed by atoms with Gasteiger partial charge in [0.05, 0.1) is 10.6 Å². The molecule has 0 aromatic heterocycles. The fourth-order valence-corrected chi connectivity index (χ4v) is 3.38. The smallest absolute Gasteiger partial charge is 0.253 e. The molecule has 27 heavy (non-hydrogen) atoms. The van der Waals surface area contributed by atoms with Crippen LogP contribution in [0.25, 0.3) is 0 Å². The van der Waals surface area contributed by atoms with Gasteiger partial charge < -0.3 is 16.0 Å². The second-order valence-electron chi connectivity index (χ2n) is 7.10. The van der Waals surface area contributed by atoms with E-state index in [-0.39, 0.29) is 17.7 Å². The topological polar surface area (TPSA) is 70.2 Å². The average molecular weight is 386 g/mol. The summed E-state index contributed by atoms with van der Waals surface area (Å²) >= 11 is 6.08. The molecule has 6 heteroatoms. The van der Waals surface area contributed by atoms with Crippen molar-refractivity contribution in [3.8, 4) is 0 Å². The van der Waals surface area contributed by atoms with Gasteiger partial charge in [0.15, 0.2) is 0 Å². The average Bonchev–Trinajstić information content (AvgIpc) is 3.12. The minimum Gasteiger partial charge on any atom is -0.350 e. The predicted molar refractivity (Wildman–Crippen MR) is 106 cm³/mol. The maximum atomic E-state index is 12.7. The van der Waals surface area contributed by atoms with E-state index in [4.69, 9.17) is 11.6 Å². The zero-order valence-corrected chi connectivity index (χ0v) is 16.3. The van der Waals surface area contributed by atoms with Crippen LogP contribution in [-0.2, 0) is 24.4 Å². The molecule has 0 saturated heterocycles. The van der Waals surface area contributed by atoms with Crippen molar-refractivity contribution in [3.63, 3.8) is 0 Å². The van der Waals surface area contributed by atoms with Crippen molar-refractivity contribution in [2.75, 3.05) is 0 Å². The van der Waals surface area contributed by atoms with Gasteiger partial charge in [-0.2, -0.15) is 0 Å². The molecule has 3 rings (SSSR count). The summed E-state index contributed by atoms with van der Waals surface area (Å²) in [7, 11) is 0. The number of hydrogen-bond donors (Lipinski definition) is 3. The number of rotatable bonds is 6. The third-order valence-electron chi connectivity index (χ3n) is 4.72. The standard InChI is InChI=1S/C21H24ClN3O2/c1-13(2)19(25-20(26)17-5-3-4-6-18(17)22)21(27)24-10-14-7-8-15-11-23-12-16(15)9-14/h3-9,13,19,23H,10-12H2,1-2H3,(H,24,27)(H,25,26). The van der Waals surface area contributed by atoms with Crippen LogP contribution in [0.2, 0.25) is 5.02 Å². The van der Waals surface area contributed by atoms with Gasteiger partial charge >= 0.3 is 0 Å². The van der Waals surface area contributed by atoms with Gasteiger partial charge in [0.25, 0.3) is 5.91 Å². The molecule has 1 unspecified atom stereocenters. The number of carbonyl (C=O) groups excluding carboxylic acids is 2. The van der Waals surface area contributed by atoms with Crippen molar-refractivity contribution >= 4 is 23.4 Å². The van der Waals surface area contributed by atoms with Crippen molar-refractivity contribution < 1.29 is 9.59 Å². The molecule has 1 aliphatic heterocycles. The van der Waals surface area contributed by atoms with Gasteiger partial charge in [-0.25, -0.2) is 0 Å². The number of nitrogens with one attached hydrogen (secondary N) is 3. The van der Waals surface area contributed by atoms with E-state index in [1.807, 2.05) is 19.9 Å². The highest BCUT2D eigenvalue weighted by molar-refractivity contribution is 6.33. The summed E-state index contributed by atoms with van der Waals surface area (Å²) in [6.07, 6.45) is 0. The van der Waals surface area contributed by atoms with Crippen LogP contribution >= 0.6 is 11.6 Å². The number of carbonyl (C=O) groups is 2. The summed E-state index contributed by atoms with van der Waals surface area (Å²) in [6, 6.07) is 12.4. The van der Waals surface area contributed by atoms with E-state index < -0.39 is 6.04 Å². The van der Waals surface area contributed by atoms with E-state index >= 15 is 0 Å². The van der Waals surface area contributed by atoms with Crippen LogP contribution in [0.3, 0.4) is 0 Å². The van der Waals surface area contributed by atoms with Crippen molar-refractivity contribution in [2.45, 2.75) is 39.5 Å². The van der Waals surface area contributed by atoms with E-state index in [1.54, 1.807) is 24.3 Å². The van der Waals surface area contributed by atoms with Crippen LogP contribution in [0, 0.1) is 5.92 Å². The first-order valence-corrected chi connectivity index (χ1v) is 9.48. The van der Waals surface area contributed by atoms with Gasteiger partial charge in [0, 0.05) is 19.6 Å². The molecule has 0 fully saturated rings. The molecule has 2 aromatic carbocycles. The van der Waals surface area contributed by atoms with Gasteiger partial charge in [-0.05, 0) is 34.7 Å². The lowest BCUT2D eigenvalue weighted by atomic mass is 10.0. The Morgan fingerprint density at radius 2 is 1.85 bits per heavy atom. The molecule has 1 heterocycles. The summed E-state index contributed by atoms with van der Waals surface area (Å²) in [5.41, 5.74) is 3.99. The molecule has 142 valence electrons. The second-order valence-corrected chi connectivity index (χ2v) is 7.51. The zero-order valence-electron chi connectivity index (χ0n) is 15.5. The molecule has 0 radical (unpaired) electrons. The Balaban J connectivity index is 1.63. The maximum Gasteiger partial charge on any atom is 0.253 e. The van der Waals surface area contributed by atoms with Gasteiger partial charge in [-0.3, -0.25) is 9.59 Å². The van der Waals surface area contributed by atoms with Gasteiger partial charge in [-0.15, -0.1) is 0 Å². The summed E-state index contributed by atoms with van der Waals surface area (Å²) in [5.74, 6) is -0.609. The Morgan fingerprint density at radius 3 is 2.59 bits per heavy atom. The van der Waals surface area contributed by atoms with Crippen molar-refractivity contribution in [2.24, 2.45) is 5.92 Å². The molecular weight excluding hydrogens is 362 g/mol. The fraction of sp³-hybridized carbons (Fsp3) is 0.333. The highest BCUT2D eigenvalue weighted by atomic mass is 35.5. The summed E-state index contributed by atoms with van der Waals surface area (Å²) in [5, 5.41) is 9.42. The summed E-state index contributed by atoms with van der Waals surface area (Å²) < 4.78 is 0. The number of fused-ring (bicyclic) bond motifs is 1. The SMILES string of the molecule is CC(C)C(NC(=O)c1ccccc1Cl)C(=O)NCc1ccc2c(c1)CNC2. The van der Waals surface area contributed by atoms with E-state index in [0.717, 1.165) is 18.7 Å². The van der Waals surface area contributed by atoms with Crippen LogP contribution in [0.15, 0.2) is 42.5 Å². The molecular formula is C21H24ClN3O2. The van der Waals surface area contributed by atoms with Gasteiger partial charge in [0.1, 0.15) is 6.04 Å². The van der Waals surface area contributed by atoms with Crippen LogP contribution in [-0.4, -0.2) is 17.9 Å². The Morgan fingerprint density at radius 1 is 1.11 bits per heavy atom. The largest absolute Gasteiger partial charge is 0.350 e. The molecule has 2 amide bonds. The Hall–Kier alpha value is -2.37. The molecule has 5 nitrogen and oxygen atoms in total. The van der Waals surface area contributed by atoms with Gasteiger partial charge in [-0.1, -0.05) is 55.8 Å². The predicted octanol–water partition coefficient (Wildman–Crippen LogP) is 3.01. The van der Waals surface area contributed by atoms with Crippen LogP contribution in [0.5, 0.6) is 0 Å². The van der Waals surface area contributed by atoms with E-state index in [1.165, 1.54) is 11.1 Å². The molecule has 0 aliphatic carbocycles. The lowest BCUT2D eigenvalue weighted by Crippen LogP contribution is -2.49. The lowest BCUT2D eigenvalue weighted by Gasteiger charge is -2.22. The molecule has 0 saturated carbocycles. The highest BCUT2D eigenvalue weighted by Gasteiger charge is 2.25. The van der Waals surface area contributed by atoms with E-state index in [9.17, 15) is 9.59 Å². The number of hydrogen-bond acceptors (Lipinski definition) is 3. The Labute approximate surface area is 164 Å². The van der Waals surface area contributed by atoms with Crippen LogP contribution < -0.4 is 16.0 Å². The fourth-order valence-electron chi connectivity index (χ4n) is 3.16. The van der Waals surface area contributed by atoms with Gasteiger partial charge in [0.2, 0.25) is 5.91 Å².